The average molecular weight is 431 g/mol. The van der Waals surface area contributed by atoms with E-state index in [-0.39, 0.29) is 5.91 Å². The Morgan fingerprint density at radius 2 is 1.77 bits per heavy atom. The van der Waals surface area contributed by atoms with Crippen molar-refractivity contribution in [3.8, 4) is 10.7 Å². The molecule has 5 nitrogen and oxygen atoms in total. The van der Waals surface area contributed by atoms with Gasteiger partial charge in [0.15, 0.2) is 0 Å². The van der Waals surface area contributed by atoms with Crippen LogP contribution in [0.1, 0.15) is 21.6 Å². The van der Waals surface area contributed by atoms with E-state index >= 15 is 0 Å². The number of aromatic nitrogens is 2. The van der Waals surface area contributed by atoms with Crippen LogP contribution in [-0.4, -0.2) is 46.5 Å². The molecular formula is C25H26N4OS. The summed E-state index contributed by atoms with van der Waals surface area (Å²) in [4.78, 5) is 22.1. The molecule has 0 spiro atoms. The third-order valence-electron chi connectivity index (χ3n) is 6.17. The van der Waals surface area contributed by atoms with Gasteiger partial charge in [0.1, 0.15) is 10.7 Å². The van der Waals surface area contributed by atoms with Gasteiger partial charge >= 0.3 is 0 Å². The van der Waals surface area contributed by atoms with Crippen molar-refractivity contribution >= 4 is 33.8 Å². The van der Waals surface area contributed by atoms with Crippen molar-refractivity contribution in [3.05, 3.63) is 70.7 Å². The average Bonchev–Trinajstić information content (AvgIpc) is 3.40. The summed E-state index contributed by atoms with van der Waals surface area (Å²) in [5, 5.41) is 3.97. The minimum Gasteiger partial charge on any atom is -0.368 e. The predicted molar refractivity (Wildman–Crippen MR) is 128 cm³/mol. The lowest BCUT2D eigenvalue weighted by molar-refractivity contribution is 0.0741. The molecule has 0 bridgehead atoms. The maximum atomic E-state index is 13.1. The van der Waals surface area contributed by atoms with Crippen LogP contribution in [0.5, 0.6) is 0 Å². The zero-order valence-corrected chi connectivity index (χ0v) is 18.9. The van der Waals surface area contributed by atoms with E-state index in [0.717, 1.165) is 23.8 Å². The molecule has 5 rings (SSSR count). The number of anilines is 1. The second-order valence-electron chi connectivity index (χ2n) is 8.25. The SMILES string of the molecule is Cc1ccc(C)c(N2CCN(C(=O)c3csc(-c4cc5ccccc5n4C)n3)CC2)c1. The number of aryl methyl sites for hydroxylation is 3. The number of para-hydroxylation sites is 1. The Morgan fingerprint density at radius 3 is 2.55 bits per heavy atom. The van der Waals surface area contributed by atoms with E-state index in [2.05, 4.69) is 59.7 Å². The molecule has 158 valence electrons. The molecule has 2 aromatic carbocycles. The first-order chi connectivity index (χ1) is 15.0. The van der Waals surface area contributed by atoms with E-state index in [0.29, 0.717) is 18.8 Å². The van der Waals surface area contributed by atoms with Gasteiger partial charge in [0, 0.05) is 55.2 Å². The first-order valence-electron chi connectivity index (χ1n) is 10.6. The highest BCUT2D eigenvalue weighted by molar-refractivity contribution is 7.13. The number of hydrogen-bond acceptors (Lipinski definition) is 4. The van der Waals surface area contributed by atoms with Crippen molar-refractivity contribution in [1.29, 1.82) is 0 Å². The molecule has 0 aliphatic carbocycles. The van der Waals surface area contributed by atoms with E-state index in [9.17, 15) is 4.79 Å². The number of carbonyl (C=O) groups excluding carboxylic acids is 1. The molecule has 4 aromatic rings. The van der Waals surface area contributed by atoms with Gasteiger partial charge in [-0.1, -0.05) is 30.3 Å². The van der Waals surface area contributed by atoms with Gasteiger partial charge in [0.05, 0.1) is 5.69 Å². The summed E-state index contributed by atoms with van der Waals surface area (Å²) in [5.41, 5.74) is 6.59. The molecule has 1 saturated heterocycles. The number of piperazine rings is 1. The van der Waals surface area contributed by atoms with E-state index in [1.54, 1.807) is 0 Å². The molecule has 1 fully saturated rings. The molecular weight excluding hydrogens is 404 g/mol. The third kappa shape index (κ3) is 3.61. The molecule has 2 aromatic heterocycles. The number of fused-ring (bicyclic) bond motifs is 1. The van der Waals surface area contributed by atoms with Crippen molar-refractivity contribution < 1.29 is 4.79 Å². The standard InChI is InChI=1S/C25H26N4OS/c1-17-8-9-18(2)22(14-17)28-10-12-29(13-11-28)25(30)20-16-31-24(26-20)23-15-19-6-4-5-7-21(19)27(23)3/h4-9,14-16H,10-13H2,1-3H3. The highest BCUT2D eigenvalue weighted by atomic mass is 32.1. The zero-order chi connectivity index (χ0) is 21.5. The molecule has 3 heterocycles. The fourth-order valence-corrected chi connectivity index (χ4v) is 5.20. The van der Waals surface area contributed by atoms with Crippen LogP contribution in [0, 0.1) is 13.8 Å². The van der Waals surface area contributed by atoms with Crippen LogP contribution in [0.15, 0.2) is 53.9 Å². The first-order valence-corrected chi connectivity index (χ1v) is 11.5. The molecule has 0 unspecified atom stereocenters. The molecule has 1 aliphatic heterocycles. The largest absolute Gasteiger partial charge is 0.368 e. The van der Waals surface area contributed by atoms with Gasteiger partial charge in [-0.2, -0.15) is 0 Å². The topological polar surface area (TPSA) is 41.4 Å². The predicted octanol–water partition coefficient (Wildman–Crippen LogP) is 4.88. The molecule has 0 atom stereocenters. The smallest absolute Gasteiger partial charge is 0.273 e. The van der Waals surface area contributed by atoms with Gasteiger partial charge in [-0.15, -0.1) is 11.3 Å². The third-order valence-corrected chi connectivity index (χ3v) is 7.03. The molecule has 1 amide bonds. The second-order valence-corrected chi connectivity index (χ2v) is 9.11. The van der Waals surface area contributed by atoms with Crippen LogP contribution in [0.25, 0.3) is 21.6 Å². The normalized spacial score (nSPS) is 14.4. The zero-order valence-electron chi connectivity index (χ0n) is 18.1. The summed E-state index contributed by atoms with van der Waals surface area (Å²) in [6.45, 7) is 7.39. The van der Waals surface area contributed by atoms with E-state index in [4.69, 9.17) is 4.98 Å². The summed E-state index contributed by atoms with van der Waals surface area (Å²) >= 11 is 1.54. The summed E-state index contributed by atoms with van der Waals surface area (Å²) < 4.78 is 2.14. The second kappa shape index (κ2) is 7.85. The van der Waals surface area contributed by atoms with E-state index in [1.165, 1.54) is 39.1 Å². The van der Waals surface area contributed by atoms with Crippen molar-refractivity contribution in [2.75, 3.05) is 31.1 Å². The summed E-state index contributed by atoms with van der Waals surface area (Å²) in [5.74, 6) is 0.0295. The van der Waals surface area contributed by atoms with Gasteiger partial charge in [-0.25, -0.2) is 4.98 Å². The lowest BCUT2D eigenvalue weighted by atomic mass is 10.1. The Labute approximate surface area is 186 Å². The van der Waals surface area contributed by atoms with E-state index < -0.39 is 0 Å². The summed E-state index contributed by atoms with van der Waals surface area (Å²) in [6, 6.07) is 17.0. The number of amides is 1. The number of carbonyl (C=O) groups is 1. The molecule has 0 radical (unpaired) electrons. The maximum Gasteiger partial charge on any atom is 0.273 e. The number of thiazole rings is 1. The summed E-state index contributed by atoms with van der Waals surface area (Å²) in [7, 11) is 2.05. The number of benzene rings is 2. The van der Waals surface area contributed by atoms with Crippen LogP contribution in [-0.2, 0) is 7.05 Å². The van der Waals surface area contributed by atoms with Crippen LogP contribution >= 0.6 is 11.3 Å². The van der Waals surface area contributed by atoms with Crippen LogP contribution in [0.2, 0.25) is 0 Å². The Morgan fingerprint density at radius 1 is 1.00 bits per heavy atom. The highest BCUT2D eigenvalue weighted by Gasteiger charge is 2.25. The monoisotopic (exact) mass is 430 g/mol. The van der Waals surface area contributed by atoms with Gasteiger partial charge in [0.25, 0.3) is 5.91 Å². The van der Waals surface area contributed by atoms with Crippen molar-refractivity contribution in [2.24, 2.45) is 7.05 Å². The van der Waals surface area contributed by atoms with Crippen molar-refractivity contribution in [1.82, 2.24) is 14.5 Å². The summed E-state index contributed by atoms with van der Waals surface area (Å²) in [6.07, 6.45) is 0. The molecule has 31 heavy (non-hydrogen) atoms. The molecule has 6 heteroatoms. The number of nitrogens with zero attached hydrogens (tertiary/aromatic N) is 4. The van der Waals surface area contributed by atoms with Gasteiger partial charge in [0.2, 0.25) is 0 Å². The quantitative estimate of drug-likeness (QED) is 0.465. The fourth-order valence-electron chi connectivity index (χ4n) is 4.36. The van der Waals surface area contributed by atoms with Crippen molar-refractivity contribution in [3.63, 3.8) is 0 Å². The van der Waals surface area contributed by atoms with Gasteiger partial charge < -0.3 is 14.4 Å². The Kier molecular flexibility index (Phi) is 5.02. The molecule has 0 saturated carbocycles. The lowest BCUT2D eigenvalue weighted by Gasteiger charge is -2.36. The van der Waals surface area contributed by atoms with Gasteiger partial charge in [-0.05, 0) is 43.2 Å². The van der Waals surface area contributed by atoms with Crippen LogP contribution in [0.3, 0.4) is 0 Å². The first kappa shape index (κ1) is 19.8. The Bertz CT molecular complexity index is 1260. The fraction of sp³-hybridized carbons (Fsp3) is 0.280. The minimum atomic E-state index is 0.0295. The Hall–Kier alpha value is -3.12. The number of rotatable bonds is 3. The maximum absolute atomic E-state index is 13.1. The van der Waals surface area contributed by atoms with Crippen LogP contribution in [0.4, 0.5) is 5.69 Å². The van der Waals surface area contributed by atoms with Gasteiger partial charge in [-0.3, -0.25) is 4.79 Å². The van der Waals surface area contributed by atoms with E-state index in [1.807, 2.05) is 29.5 Å². The Balaban J connectivity index is 1.31. The van der Waals surface area contributed by atoms with Crippen molar-refractivity contribution in [2.45, 2.75) is 13.8 Å². The minimum absolute atomic E-state index is 0.0295. The highest BCUT2D eigenvalue weighted by Crippen LogP contribution is 2.30. The number of hydrogen-bond donors (Lipinski definition) is 0. The van der Waals surface area contributed by atoms with Crippen LogP contribution < -0.4 is 4.90 Å². The molecule has 1 aliphatic rings. The lowest BCUT2D eigenvalue weighted by Crippen LogP contribution is -2.49. The molecule has 0 N–H and O–H groups in total.